The summed E-state index contributed by atoms with van der Waals surface area (Å²) in [5.74, 6) is -1.91. The Morgan fingerprint density at radius 2 is 1.82 bits per heavy atom. The first kappa shape index (κ1) is 10.7. The minimum Gasteiger partial charge on any atom is -0.330 e. The first-order valence-corrected chi connectivity index (χ1v) is 3.30. The summed E-state index contributed by atoms with van der Waals surface area (Å²) >= 11 is 0. The minimum atomic E-state index is -4.46. The van der Waals surface area contributed by atoms with Gasteiger partial charge in [-0.1, -0.05) is 0 Å². The average molecular weight is 173 g/mol. The van der Waals surface area contributed by atoms with Crippen LogP contribution in [0.25, 0.3) is 0 Å². The molecule has 0 rings (SSSR count). The zero-order chi connectivity index (χ0) is 9.07. The fraction of sp³-hybridized carbons (Fsp3) is 1.00. The molecule has 0 spiro atoms. The molecule has 1 nitrogen and oxygen atoms in total. The van der Waals surface area contributed by atoms with Crippen LogP contribution in [0.4, 0.5) is 17.6 Å². The molecule has 0 aliphatic carbocycles. The topological polar surface area (TPSA) is 26.0 Å². The molecule has 0 aromatic rings. The van der Waals surface area contributed by atoms with E-state index in [2.05, 4.69) is 0 Å². The molecule has 2 N–H and O–H groups in total. The van der Waals surface area contributed by atoms with E-state index in [1.54, 1.807) is 0 Å². The van der Waals surface area contributed by atoms with Crippen LogP contribution in [0.15, 0.2) is 0 Å². The van der Waals surface area contributed by atoms with Gasteiger partial charge in [0.2, 0.25) is 0 Å². The molecule has 0 amide bonds. The van der Waals surface area contributed by atoms with Crippen molar-refractivity contribution in [3.8, 4) is 0 Å². The molecule has 11 heavy (non-hydrogen) atoms. The predicted molar refractivity (Wildman–Crippen MR) is 33.8 cm³/mol. The van der Waals surface area contributed by atoms with E-state index in [-0.39, 0.29) is 13.0 Å². The van der Waals surface area contributed by atoms with Crippen molar-refractivity contribution < 1.29 is 17.6 Å². The number of hydrogen-bond donors (Lipinski definition) is 1. The van der Waals surface area contributed by atoms with Crippen molar-refractivity contribution in [2.75, 3.05) is 6.54 Å². The van der Waals surface area contributed by atoms with Crippen molar-refractivity contribution >= 4 is 0 Å². The quantitative estimate of drug-likeness (QED) is 0.648. The second kappa shape index (κ2) is 3.90. The highest BCUT2D eigenvalue weighted by Crippen LogP contribution is 2.32. The number of hydrogen-bond acceptors (Lipinski definition) is 1. The fourth-order valence-corrected chi connectivity index (χ4v) is 0.833. The predicted octanol–water partition coefficient (Wildman–Crippen LogP) is 1.87. The van der Waals surface area contributed by atoms with Crippen molar-refractivity contribution in [2.45, 2.75) is 25.7 Å². The summed E-state index contributed by atoms with van der Waals surface area (Å²) in [6, 6.07) is 0. The van der Waals surface area contributed by atoms with E-state index in [4.69, 9.17) is 5.73 Å². The lowest BCUT2D eigenvalue weighted by atomic mass is 10.0. The lowest BCUT2D eigenvalue weighted by Gasteiger charge is -2.20. The first-order valence-electron chi connectivity index (χ1n) is 3.30. The second-order valence-electron chi connectivity index (χ2n) is 2.40. The van der Waals surface area contributed by atoms with Crippen LogP contribution >= 0.6 is 0 Å². The highest BCUT2D eigenvalue weighted by atomic mass is 19.4. The van der Waals surface area contributed by atoms with Gasteiger partial charge in [0.15, 0.2) is 0 Å². The van der Waals surface area contributed by atoms with Gasteiger partial charge in [-0.05, 0) is 19.9 Å². The van der Waals surface area contributed by atoms with E-state index in [0.29, 0.717) is 0 Å². The molecule has 0 saturated carbocycles. The standard InChI is InChI=1S/C6H11F4N/c1-4(7)5(2-3-11)6(8,9)10/h4-5H,2-3,11H2,1H3. The Kier molecular flexibility index (Phi) is 3.78. The van der Waals surface area contributed by atoms with Gasteiger partial charge in [-0.3, -0.25) is 0 Å². The maximum Gasteiger partial charge on any atom is 0.394 e. The number of nitrogens with two attached hydrogens (primary N) is 1. The maximum atomic E-state index is 12.3. The van der Waals surface area contributed by atoms with Gasteiger partial charge >= 0.3 is 6.18 Å². The fourth-order valence-electron chi connectivity index (χ4n) is 0.833. The molecule has 0 aromatic heterocycles. The Morgan fingerprint density at radius 3 is 1.91 bits per heavy atom. The molecule has 0 radical (unpaired) electrons. The lowest BCUT2D eigenvalue weighted by Crippen LogP contribution is -2.31. The average Bonchev–Trinajstić information content (AvgIpc) is 1.79. The molecule has 0 fully saturated rings. The van der Waals surface area contributed by atoms with Gasteiger partial charge in [0.1, 0.15) is 6.17 Å². The summed E-state index contributed by atoms with van der Waals surface area (Å²) in [4.78, 5) is 0. The van der Waals surface area contributed by atoms with Gasteiger partial charge in [-0.15, -0.1) is 0 Å². The summed E-state index contributed by atoms with van der Waals surface area (Å²) in [6.45, 7) is 0.756. The van der Waals surface area contributed by atoms with Gasteiger partial charge < -0.3 is 5.73 Å². The zero-order valence-corrected chi connectivity index (χ0v) is 6.16. The van der Waals surface area contributed by atoms with Crippen LogP contribution in [0.1, 0.15) is 13.3 Å². The van der Waals surface area contributed by atoms with Gasteiger partial charge in [0.05, 0.1) is 5.92 Å². The molecule has 0 heterocycles. The molecule has 68 valence electrons. The van der Waals surface area contributed by atoms with Crippen molar-refractivity contribution in [2.24, 2.45) is 11.7 Å². The molecule has 0 aromatic carbocycles. The molecule has 0 aliphatic rings. The van der Waals surface area contributed by atoms with Gasteiger partial charge in [-0.25, -0.2) is 4.39 Å². The lowest BCUT2D eigenvalue weighted by molar-refractivity contribution is -0.190. The molecule has 2 unspecified atom stereocenters. The van der Waals surface area contributed by atoms with Crippen molar-refractivity contribution in [1.82, 2.24) is 0 Å². The van der Waals surface area contributed by atoms with Crippen LogP contribution in [0.5, 0.6) is 0 Å². The van der Waals surface area contributed by atoms with Crippen molar-refractivity contribution in [3.05, 3.63) is 0 Å². The van der Waals surface area contributed by atoms with E-state index < -0.39 is 18.3 Å². The molecular formula is C6H11F4N. The Morgan fingerprint density at radius 1 is 1.36 bits per heavy atom. The number of alkyl halides is 4. The molecule has 0 bridgehead atoms. The summed E-state index contributed by atoms with van der Waals surface area (Å²) in [6.07, 6.45) is -6.69. The zero-order valence-electron chi connectivity index (χ0n) is 6.16. The number of rotatable bonds is 3. The maximum absolute atomic E-state index is 12.3. The van der Waals surface area contributed by atoms with Crippen LogP contribution < -0.4 is 5.73 Å². The van der Waals surface area contributed by atoms with Gasteiger partial charge in [0.25, 0.3) is 0 Å². The third-order valence-corrected chi connectivity index (χ3v) is 1.45. The van der Waals surface area contributed by atoms with E-state index >= 15 is 0 Å². The molecular weight excluding hydrogens is 162 g/mol. The Hall–Kier alpha value is -0.320. The third-order valence-electron chi connectivity index (χ3n) is 1.45. The van der Waals surface area contributed by atoms with Crippen molar-refractivity contribution in [1.29, 1.82) is 0 Å². The Balaban J connectivity index is 4.10. The SMILES string of the molecule is CC(F)C(CCN)C(F)(F)F. The highest BCUT2D eigenvalue weighted by molar-refractivity contribution is 4.73. The molecule has 0 aliphatic heterocycles. The summed E-state index contributed by atoms with van der Waals surface area (Å²) < 4.78 is 47.9. The van der Waals surface area contributed by atoms with Crippen LogP contribution in [-0.4, -0.2) is 18.9 Å². The van der Waals surface area contributed by atoms with E-state index in [0.717, 1.165) is 6.92 Å². The number of halogens is 4. The Bertz CT molecular complexity index is 110. The minimum absolute atomic E-state index is 0.140. The summed E-state index contributed by atoms with van der Waals surface area (Å²) in [7, 11) is 0. The Labute approximate surface area is 62.6 Å². The van der Waals surface area contributed by atoms with E-state index in [1.807, 2.05) is 0 Å². The van der Waals surface area contributed by atoms with Crippen LogP contribution in [0.2, 0.25) is 0 Å². The van der Waals surface area contributed by atoms with Crippen LogP contribution in [0, 0.1) is 5.92 Å². The monoisotopic (exact) mass is 173 g/mol. The van der Waals surface area contributed by atoms with E-state index in [9.17, 15) is 17.6 Å². The normalized spacial score (nSPS) is 18.0. The smallest absolute Gasteiger partial charge is 0.330 e. The highest BCUT2D eigenvalue weighted by Gasteiger charge is 2.42. The summed E-state index contributed by atoms with van der Waals surface area (Å²) in [5, 5.41) is 0. The van der Waals surface area contributed by atoms with Crippen LogP contribution in [0.3, 0.4) is 0 Å². The van der Waals surface area contributed by atoms with Crippen LogP contribution in [-0.2, 0) is 0 Å². The second-order valence-corrected chi connectivity index (χ2v) is 2.40. The van der Waals surface area contributed by atoms with E-state index in [1.165, 1.54) is 0 Å². The van der Waals surface area contributed by atoms with Gasteiger partial charge in [0, 0.05) is 0 Å². The van der Waals surface area contributed by atoms with Crippen molar-refractivity contribution in [3.63, 3.8) is 0 Å². The first-order chi connectivity index (χ1) is 4.89. The van der Waals surface area contributed by atoms with Gasteiger partial charge in [-0.2, -0.15) is 13.2 Å². The third kappa shape index (κ3) is 3.55. The largest absolute Gasteiger partial charge is 0.394 e. The molecule has 0 saturated heterocycles. The molecule has 5 heteroatoms. The molecule has 2 atom stereocenters. The summed E-state index contributed by atoms with van der Waals surface area (Å²) in [5.41, 5.74) is 4.90.